The summed E-state index contributed by atoms with van der Waals surface area (Å²) in [6, 6.07) is 0. The number of nitrogens with one attached hydrogen (secondary N) is 2. The Labute approximate surface area is 423 Å². The van der Waals surface area contributed by atoms with Crippen LogP contribution in [0.15, 0.2) is 0 Å². The fourth-order valence-corrected chi connectivity index (χ4v) is 7.49. The van der Waals surface area contributed by atoms with Crippen LogP contribution in [0.1, 0.15) is 58.3 Å². The van der Waals surface area contributed by atoms with Crippen LogP contribution in [0.25, 0.3) is 0 Å². The predicted octanol–water partition coefficient (Wildman–Crippen LogP) is 2.32. The minimum Gasteiger partial charge on any atom is -0.549 e. The van der Waals surface area contributed by atoms with Crippen molar-refractivity contribution >= 4 is 43.6 Å². The first-order chi connectivity index (χ1) is 30.8. The average molecular weight is 1170 g/mol. The summed E-state index contributed by atoms with van der Waals surface area (Å²) in [6.07, 6.45) is -48.0. The van der Waals surface area contributed by atoms with Gasteiger partial charge in [-0.2, -0.15) is 79.0 Å². The number of quaternary nitrogens is 1. The Morgan fingerprint density at radius 3 is 1.11 bits per heavy atom. The maximum Gasteiger partial charge on any atom is 1.00 e. The molecule has 0 bridgehead atoms. The molecule has 71 heavy (non-hydrogen) atoms. The molecule has 0 saturated heterocycles. The van der Waals surface area contributed by atoms with Crippen molar-refractivity contribution in [3.8, 4) is 0 Å². The molecule has 0 aliphatic carbocycles. The summed E-state index contributed by atoms with van der Waals surface area (Å²) in [4.78, 5) is 21.4. The Kier molecular flexibility index (Phi) is 35.6. The molecule has 13 nitrogen and oxygen atoms in total. The first-order valence-corrected chi connectivity index (χ1v) is 23.4. The van der Waals surface area contributed by atoms with Crippen molar-refractivity contribution in [1.29, 1.82) is 0 Å². The molecule has 0 aromatic carbocycles. The van der Waals surface area contributed by atoms with E-state index in [9.17, 15) is 115 Å². The fraction of sp³-hybridized carbons (Fsp3) is 0.941. The van der Waals surface area contributed by atoms with Crippen molar-refractivity contribution in [3.05, 3.63) is 0 Å². The average Bonchev–Trinajstić information content (AvgIpc) is 3.11. The second-order valence-electron chi connectivity index (χ2n) is 15.7. The molecule has 3 N–H and O–H groups in total. The van der Waals surface area contributed by atoms with Crippen LogP contribution in [-0.4, -0.2) is 177 Å². The first-order valence-electron chi connectivity index (χ1n) is 19.6. The van der Waals surface area contributed by atoms with Crippen molar-refractivity contribution in [2.45, 2.75) is 107 Å². The van der Waals surface area contributed by atoms with Gasteiger partial charge in [0.1, 0.15) is 6.54 Å². The number of carboxylic acid groups (broad SMARTS) is 2. The number of sulfonamides is 2. The molecule has 424 valence electrons. The van der Waals surface area contributed by atoms with Crippen LogP contribution in [0.4, 0.5) is 87.8 Å². The zero-order chi connectivity index (χ0) is 56.8. The van der Waals surface area contributed by atoms with E-state index in [1.165, 1.54) is 14.1 Å². The number of carbonyl (C=O) groups is 2. The van der Waals surface area contributed by atoms with Gasteiger partial charge in [-0.3, -0.25) is 0 Å². The predicted molar refractivity (Wildman–Crippen MR) is 205 cm³/mol. The third-order valence-corrected chi connectivity index (χ3v) is 11.9. The molecule has 0 spiro atoms. The molecule has 0 saturated carbocycles. The van der Waals surface area contributed by atoms with Gasteiger partial charge in [0.15, 0.2) is 0 Å². The van der Waals surface area contributed by atoms with Gasteiger partial charge in [0.25, 0.3) is 11.3 Å². The van der Waals surface area contributed by atoms with Gasteiger partial charge < -0.3 is 34.3 Å². The summed E-state index contributed by atoms with van der Waals surface area (Å²) in [5, 5.41) is 27.3. The van der Waals surface area contributed by atoms with Crippen LogP contribution in [0.3, 0.4) is 0 Å². The molecule has 0 aromatic heterocycles. The molecule has 2 unspecified atom stereocenters. The van der Waals surface area contributed by atoms with Crippen molar-refractivity contribution in [2.75, 3.05) is 84.9 Å². The molecule has 37 heteroatoms. The summed E-state index contributed by atoms with van der Waals surface area (Å²) >= 11 is 4.67. The normalized spacial score (nSPS) is 14.4. The Morgan fingerprint density at radius 2 is 0.887 bits per heavy atom. The first kappa shape index (κ1) is 78.4. The number of likely N-dealkylation sites (N-methyl/N-ethyl adjacent to an activating group) is 1. The van der Waals surface area contributed by atoms with E-state index in [-0.39, 0.29) is 73.2 Å². The maximum absolute atomic E-state index is 13.7. The van der Waals surface area contributed by atoms with E-state index >= 15 is 0 Å². The number of alkyl halides is 21. The van der Waals surface area contributed by atoms with Crippen LogP contribution in [0.2, 0.25) is 0 Å². The molecule has 2 atom stereocenters. The maximum atomic E-state index is 13.7. The monoisotopic (exact) mass is 1160 g/mol. The van der Waals surface area contributed by atoms with E-state index in [0.29, 0.717) is 13.0 Å². The Balaban J connectivity index is -0.000000352. The minimum absolute atomic E-state index is 0. The topological polar surface area (TPSA) is 196 Å². The summed E-state index contributed by atoms with van der Waals surface area (Å²) < 4.78 is 307. The van der Waals surface area contributed by atoms with E-state index in [2.05, 4.69) is 16.3 Å². The van der Waals surface area contributed by atoms with E-state index in [1.807, 2.05) is 4.72 Å². The van der Waals surface area contributed by atoms with Gasteiger partial charge in [-0.05, 0) is 59.7 Å². The number of aliphatic hydroxyl groups excluding tert-OH is 1. The van der Waals surface area contributed by atoms with E-state index in [4.69, 9.17) is 15.0 Å². The van der Waals surface area contributed by atoms with Crippen LogP contribution in [0.5, 0.6) is 0 Å². The number of aliphatic carboxylic acids is 2. The number of rotatable bonds is 25. The van der Waals surface area contributed by atoms with Gasteiger partial charge in [0.2, 0.25) is 20.0 Å². The summed E-state index contributed by atoms with van der Waals surface area (Å²) in [5.74, 6) is -11.8. The largest absolute Gasteiger partial charge is 1.00 e. The molecule has 0 rings (SSSR count). The molecular formula is C34H54ClF20N4NaO9S2. The zero-order valence-corrected chi connectivity index (χ0v) is 42.9. The third-order valence-electron chi connectivity index (χ3n) is 8.74. The number of nitrogens with zero attached hydrogens (tertiary/aromatic N) is 2. The summed E-state index contributed by atoms with van der Waals surface area (Å²) in [6.45, 7) is 1.90. The van der Waals surface area contributed by atoms with E-state index in [1.54, 1.807) is 25.9 Å². The molecule has 0 aromatic rings. The van der Waals surface area contributed by atoms with Crippen LogP contribution < -0.4 is 49.2 Å². The molecule has 0 aliphatic heterocycles. The van der Waals surface area contributed by atoms with Crippen molar-refractivity contribution in [1.82, 2.24) is 14.3 Å². The molecule has 0 heterocycles. The minimum atomic E-state index is -6.66. The van der Waals surface area contributed by atoms with Crippen molar-refractivity contribution in [2.24, 2.45) is 11.8 Å². The molecular weight excluding hydrogens is 1110 g/mol. The van der Waals surface area contributed by atoms with Gasteiger partial charge in [0.05, 0.1) is 61.8 Å². The van der Waals surface area contributed by atoms with Crippen LogP contribution >= 0.6 is 11.6 Å². The second-order valence-corrected chi connectivity index (χ2v) is 19.8. The Hall–Kier alpha value is -1.47. The summed E-state index contributed by atoms with van der Waals surface area (Å²) in [5.41, 5.74) is -12.2. The van der Waals surface area contributed by atoms with Crippen LogP contribution in [-0.2, 0) is 29.6 Å². The SMILES string of the molecule is CCO.CN(C)CCCNS(=O)(=O)CCCC(CC(F)(C(F)(F)F)C(F)(F)F)C(F)(F)F.C[N+](C)(CCCNS(=O)(=O)CCCC(CC(F)(C(F)(F)F)C(F)(F)F)C(F)(F)F)CC(=O)[O-].O=C([O-])CCl.[Na+]. The van der Waals surface area contributed by atoms with Crippen molar-refractivity contribution in [3.63, 3.8) is 0 Å². The standard InChI is InChI=1S/C16H24F10N2O4S.C14H22F10N2O2S.C2H3ClO2.C2H6O.Na/c1-28(2,10-12(29)30)7-4-6-27-33(31,32)8-3-5-11(14(18,19)20)9-13(17,15(21,22)23)16(24,25)26;1-26(2)7-4-6-25-29(27,28)8-3-5-10(12(16,17)18)9-11(15,13(19,20)21)14(22,23)24;3-1-2(4)5;1-2-3;/h11,27H,3-10H2,1-2H3;10,25H,3-9H2,1-2H3;1H2,(H,4,5);3H,2H2,1H3;/q;;;;+1/p-1. The molecule has 0 fully saturated rings. The summed E-state index contributed by atoms with van der Waals surface area (Å²) in [7, 11) is -1.92. The number of carbonyl (C=O) groups excluding carboxylic acids is 2. The Bertz CT molecular complexity index is 1710. The van der Waals surface area contributed by atoms with Gasteiger partial charge in [0, 0.05) is 39.0 Å². The van der Waals surface area contributed by atoms with Crippen molar-refractivity contribution < 1.29 is 164 Å². The number of carboxylic acids is 2. The van der Waals surface area contributed by atoms with Gasteiger partial charge >= 0.3 is 66.6 Å². The number of hydrogen-bond acceptors (Lipinski definition) is 10. The molecule has 0 radical (unpaired) electrons. The van der Waals surface area contributed by atoms with Gasteiger partial charge in [-0.1, -0.05) is 0 Å². The smallest absolute Gasteiger partial charge is 0.549 e. The molecule has 0 amide bonds. The Morgan fingerprint density at radius 1 is 0.606 bits per heavy atom. The quantitative estimate of drug-likeness (QED) is 0.0402. The van der Waals surface area contributed by atoms with E-state index < -0.39 is 148 Å². The molecule has 0 aliphatic rings. The zero-order valence-electron chi connectivity index (χ0n) is 38.5. The number of aliphatic hydroxyl groups is 1. The number of halogens is 21. The second kappa shape index (κ2) is 32.2. The number of hydrogen-bond donors (Lipinski definition) is 3. The fourth-order valence-electron chi connectivity index (χ4n) is 5.20. The van der Waals surface area contributed by atoms with Crippen LogP contribution in [0, 0.1) is 11.8 Å². The van der Waals surface area contributed by atoms with E-state index in [0.717, 1.165) is 0 Å². The van der Waals surface area contributed by atoms with Gasteiger partial charge in [-0.25, -0.2) is 35.1 Å². The third kappa shape index (κ3) is 33.9. The van der Waals surface area contributed by atoms with Gasteiger partial charge in [-0.15, -0.1) is 11.6 Å².